The standard InChI is InChI=1S/C17H18F2N2O5S/c1-3-25-16-8-6-12(10-15(16)20-17(22)26-4-2)27(23,24)21-14-7-5-11(18)9-13(14)19/h5-10,21H,3-4H2,1-2H3,(H,20,22). The van der Waals surface area contributed by atoms with E-state index in [1.807, 2.05) is 4.72 Å². The molecule has 2 N–H and O–H groups in total. The van der Waals surface area contributed by atoms with Gasteiger partial charge in [0.25, 0.3) is 10.0 Å². The number of carbonyl (C=O) groups excluding carboxylic acids is 1. The van der Waals surface area contributed by atoms with E-state index in [4.69, 9.17) is 9.47 Å². The third kappa shape index (κ3) is 5.30. The fourth-order valence-electron chi connectivity index (χ4n) is 2.11. The summed E-state index contributed by atoms with van der Waals surface area (Å²) in [6.07, 6.45) is -0.787. The van der Waals surface area contributed by atoms with Gasteiger partial charge in [0.15, 0.2) is 0 Å². The fourth-order valence-corrected chi connectivity index (χ4v) is 3.20. The number of nitrogens with one attached hydrogen (secondary N) is 2. The Bertz CT molecular complexity index is 935. The maximum Gasteiger partial charge on any atom is 0.411 e. The van der Waals surface area contributed by atoms with E-state index in [9.17, 15) is 22.0 Å². The summed E-state index contributed by atoms with van der Waals surface area (Å²) in [5.74, 6) is -1.66. The minimum absolute atomic E-state index is 0.0674. The molecule has 2 aromatic carbocycles. The second-order valence-electron chi connectivity index (χ2n) is 5.17. The van der Waals surface area contributed by atoms with Crippen LogP contribution in [0.3, 0.4) is 0 Å². The maximum atomic E-state index is 13.7. The van der Waals surface area contributed by atoms with Gasteiger partial charge in [-0.1, -0.05) is 0 Å². The smallest absolute Gasteiger partial charge is 0.411 e. The van der Waals surface area contributed by atoms with Gasteiger partial charge in [0, 0.05) is 6.07 Å². The largest absolute Gasteiger partial charge is 0.492 e. The van der Waals surface area contributed by atoms with E-state index in [0.717, 1.165) is 18.2 Å². The molecule has 0 aliphatic carbocycles. The lowest BCUT2D eigenvalue weighted by atomic mass is 10.3. The number of benzene rings is 2. The SMILES string of the molecule is CCOC(=O)Nc1cc(S(=O)(=O)Nc2ccc(F)cc2F)ccc1OCC. The molecule has 0 heterocycles. The summed E-state index contributed by atoms with van der Waals surface area (Å²) in [5.41, 5.74) is -0.345. The van der Waals surface area contributed by atoms with Gasteiger partial charge in [-0.15, -0.1) is 0 Å². The van der Waals surface area contributed by atoms with Crippen molar-refractivity contribution in [3.8, 4) is 5.75 Å². The Labute approximate surface area is 155 Å². The van der Waals surface area contributed by atoms with Gasteiger partial charge in [-0.05, 0) is 44.2 Å². The van der Waals surface area contributed by atoms with E-state index < -0.39 is 33.4 Å². The van der Waals surface area contributed by atoms with Crippen LogP contribution in [0.25, 0.3) is 0 Å². The molecule has 0 unspecified atom stereocenters. The van der Waals surface area contributed by atoms with Crippen molar-refractivity contribution in [2.75, 3.05) is 23.3 Å². The topological polar surface area (TPSA) is 93.7 Å². The number of ether oxygens (including phenoxy) is 2. The first-order chi connectivity index (χ1) is 12.8. The van der Waals surface area contributed by atoms with Crippen LogP contribution in [-0.4, -0.2) is 27.7 Å². The highest BCUT2D eigenvalue weighted by atomic mass is 32.2. The summed E-state index contributed by atoms with van der Waals surface area (Å²) in [6, 6.07) is 6.17. The molecule has 2 rings (SSSR count). The van der Waals surface area contributed by atoms with Crippen molar-refractivity contribution in [1.29, 1.82) is 0 Å². The van der Waals surface area contributed by atoms with Gasteiger partial charge in [-0.3, -0.25) is 10.0 Å². The molecule has 0 aliphatic heterocycles. The summed E-state index contributed by atoms with van der Waals surface area (Å²) in [7, 11) is -4.21. The molecule has 27 heavy (non-hydrogen) atoms. The summed E-state index contributed by atoms with van der Waals surface area (Å²) in [5, 5.41) is 2.39. The maximum absolute atomic E-state index is 13.7. The number of hydrogen-bond acceptors (Lipinski definition) is 5. The molecular weight excluding hydrogens is 382 g/mol. The third-order valence-corrected chi connectivity index (χ3v) is 4.61. The van der Waals surface area contributed by atoms with Crippen LogP contribution in [0.2, 0.25) is 0 Å². The second-order valence-corrected chi connectivity index (χ2v) is 6.85. The summed E-state index contributed by atoms with van der Waals surface area (Å²) in [6.45, 7) is 3.74. The molecule has 0 saturated carbocycles. The Balaban J connectivity index is 2.36. The zero-order valence-corrected chi connectivity index (χ0v) is 15.4. The molecule has 0 fully saturated rings. The van der Waals surface area contributed by atoms with Gasteiger partial charge < -0.3 is 9.47 Å². The normalized spacial score (nSPS) is 11.0. The molecule has 7 nitrogen and oxygen atoms in total. The van der Waals surface area contributed by atoms with Crippen molar-refractivity contribution in [2.24, 2.45) is 0 Å². The number of anilines is 2. The van der Waals surface area contributed by atoms with Crippen molar-refractivity contribution in [1.82, 2.24) is 0 Å². The average molecular weight is 400 g/mol. The minimum atomic E-state index is -4.21. The zero-order valence-electron chi connectivity index (χ0n) is 14.6. The third-order valence-electron chi connectivity index (χ3n) is 3.25. The lowest BCUT2D eigenvalue weighted by Crippen LogP contribution is -2.17. The fraction of sp³-hybridized carbons (Fsp3) is 0.235. The van der Waals surface area contributed by atoms with E-state index >= 15 is 0 Å². The van der Waals surface area contributed by atoms with E-state index in [0.29, 0.717) is 6.07 Å². The summed E-state index contributed by atoms with van der Waals surface area (Å²) in [4.78, 5) is 11.4. The van der Waals surface area contributed by atoms with Gasteiger partial charge in [-0.2, -0.15) is 0 Å². The quantitative estimate of drug-likeness (QED) is 0.739. The molecule has 0 aromatic heterocycles. The van der Waals surface area contributed by atoms with Crippen LogP contribution >= 0.6 is 0 Å². The van der Waals surface area contributed by atoms with Crippen molar-refractivity contribution >= 4 is 27.5 Å². The molecule has 0 spiro atoms. The predicted octanol–water partition coefficient (Wildman–Crippen LogP) is 3.73. The van der Waals surface area contributed by atoms with E-state index in [-0.39, 0.29) is 29.5 Å². The number of carbonyl (C=O) groups is 1. The van der Waals surface area contributed by atoms with Gasteiger partial charge in [-0.25, -0.2) is 22.0 Å². The lowest BCUT2D eigenvalue weighted by molar-refractivity contribution is 0.167. The first kappa shape index (κ1) is 20.4. The van der Waals surface area contributed by atoms with Gasteiger partial charge in [0.2, 0.25) is 0 Å². The highest BCUT2D eigenvalue weighted by molar-refractivity contribution is 7.92. The predicted molar refractivity (Wildman–Crippen MR) is 95.4 cm³/mol. The molecule has 0 atom stereocenters. The molecule has 2 aromatic rings. The summed E-state index contributed by atoms with van der Waals surface area (Å²) < 4.78 is 63.9. The Hall–Kier alpha value is -2.88. The minimum Gasteiger partial charge on any atom is -0.492 e. The van der Waals surface area contributed by atoms with Crippen LogP contribution < -0.4 is 14.8 Å². The molecule has 0 aliphatic rings. The molecule has 0 saturated heterocycles. The highest BCUT2D eigenvalue weighted by Crippen LogP contribution is 2.29. The monoisotopic (exact) mass is 400 g/mol. The summed E-state index contributed by atoms with van der Waals surface area (Å²) >= 11 is 0. The Morgan fingerprint density at radius 2 is 1.78 bits per heavy atom. The average Bonchev–Trinajstić information content (AvgIpc) is 2.59. The van der Waals surface area contributed by atoms with Gasteiger partial charge in [0.1, 0.15) is 17.4 Å². The number of hydrogen-bond donors (Lipinski definition) is 2. The highest BCUT2D eigenvalue weighted by Gasteiger charge is 2.20. The molecular formula is C17H18F2N2O5S. The van der Waals surface area contributed by atoms with Crippen LogP contribution in [0, 0.1) is 11.6 Å². The Kier molecular flexibility index (Phi) is 6.56. The first-order valence-electron chi connectivity index (χ1n) is 7.95. The van der Waals surface area contributed by atoms with Crippen molar-refractivity contribution in [3.05, 3.63) is 48.0 Å². The Morgan fingerprint density at radius 3 is 2.41 bits per heavy atom. The zero-order chi connectivity index (χ0) is 20.0. The van der Waals surface area contributed by atoms with E-state index in [1.165, 1.54) is 12.1 Å². The van der Waals surface area contributed by atoms with Crippen molar-refractivity contribution < 1.29 is 31.5 Å². The van der Waals surface area contributed by atoms with Crippen LogP contribution in [0.1, 0.15) is 13.8 Å². The van der Waals surface area contributed by atoms with Crippen molar-refractivity contribution in [2.45, 2.75) is 18.7 Å². The van der Waals surface area contributed by atoms with Gasteiger partial charge >= 0.3 is 6.09 Å². The number of rotatable bonds is 7. The van der Waals surface area contributed by atoms with Crippen LogP contribution in [-0.2, 0) is 14.8 Å². The van der Waals surface area contributed by atoms with Gasteiger partial charge in [0.05, 0.1) is 29.5 Å². The number of halogens is 2. The molecule has 0 bridgehead atoms. The Morgan fingerprint density at radius 1 is 1.04 bits per heavy atom. The number of amides is 1. The van der Waals surface area contributed by atoms with E-state index in [1.54, 1.807) is 13.8 Å². The molecule has 0 radical (unpaired) electrons. The van der Waals surface area contributed by atoms with Crippen molar-refractivity contribution in [3.63, 3.8) is 0 Å². The number of sulfonamides is 1. The molecule has 1 amide bonds. The molecule has 146 valence electrons. The first-order valence-corrected chi connectivity index (χ1v) is 9.43. The molecule has 10 heteroatoms. The van der Waals surface area contributed by atoms with Crippen LogP contribution in [0.15, 0.2) is 41.3 Å². The second kappa shape index (κ2) is 8.67. The lowest BCUT2D eigenvalue weighted by Gasteiger charge is -2.14. The van der Waals surface area contributed by atoms with Crippen LogP contribution in [0.4, 0.5) is 25.0 Å². The van der Waals surface area contributed by atoms with Crippen LogP contribution in [0.5, 0.6) is 5.75 Å². The van der Waals surface area contributed by atoms with E-state index in [2.05, 4.69) is 5.32 Å².